The zero-order chi connectivity index (χ0) is 20.6. The Labute approximate surface area is 163 Å². The number of sulfonamides is 1. The number of fused-ring (bicyclic) bond motifs is 1. The van der Waals surface area contributed by atoms with Crippen LogP contribution >= 0.6 is 0 Å². The first-order valence-electron chi connectivity index (χ1n) is 8.79. The Hall–Kier alpha value is -2.88. The predicted octanol–water partition coefficient (Wildman–Crippen LogP) is 0.672. The molecule has 0 aliphatic carbocycles. The predicted molar refractivity (Wildman–Crippen MR) is 104 cm³/mol. The number of carbonyl (C=O) groups is 2. The summed E-state index contributed by atoms with van der Waals surface area (Å²) in [6, 6.07) is 6.46. The lowest BCUT2D eigenvalue weighted by atomic mass is 10.1. The van der Waals surface area contributed by atoms with Crippen molar-refractivity contribution in [3.05, 3.63) is 46.8 Å². The van der Waals surface area contributed by atoms with Crippen molar-refractivity contribution in [1.82, 2.24) is 20.6 Å². The van der Waals surface area contributed by atoms with Crippen molar-refractivity contribution in [1.29, 1.82) is 0 Å². The Morgan fingerprint density at radius 1 is 1.21 bits per heavy atom. The summed E-state index contributed by atoms with van der Waals surface area (Å²) in [4.78, 5) is 24.4. The lowest BCUT2D eigenvalue weighted by molar-refractivity contribution is -0.122. The molecule has 0 saturated carbocycles. The maximum Gasteiger partial charge on any atom is 0.269 e. The summed E-state index contributed by atoms with van der Waals surface area (Å²) in [6.45, 7) is 5.49. The number of nitrogens with zero attached hydrogens (tertiary/aromatic N) is 3. The third-order valence-electron chi connectivity index (χ3n) is 4.56. The second-order valence-electron chi connectivity index (χ2n) is 7.04. The molecule has 0 radical (unpaired) electrons. The first-order chi connectivity index (χ1) is 13.1. The molecule has 9 nitrogen and oxygen atoms in total. The van der Waals surface area contributed by atoms with E-state index in [0.717, 1.165) is 23.2 Å². The molecule has 0 saturated heterocycles. The van der Waals surface area contributed by atoms with Gasteiger partial charge in [0.15, 0.2) is 0 Å². The van der Waals surface area contributed by atoms with E-state index in [1.165, 1.54) is 10.4 Å². The van der Waals surface area contributed by atoms with Gasteiger partial charge in [-0.3, -0.25) is 29.4 Å². The molecular formula is C18H23N5O4S. The number of benzene rings is 1. The van der Waals surface area contributed by atoms with Crippen molar-refractivity contribution in [3.63, 3.8) is 0 Å². The molecule has 1 aromatic heterocycles. The van der Waals surface area contributed by atoms with Crippen LogP contribution in [-0.2, 0) is 27.8 Å². The van der Waals surface area contributed by atoms with Crippen LogP contribution < -0.4 is 15.2 Å². The average Bonchev–Trinajstić information content (AvgIpc) is 3.09. The van der Waals surface area contributed by atoms with Crippen LogP contribution in [0.1, 0.15) is 34.2 Å². The number of aromatic nitrogens is 2. The van der Waals surface area contributed by atoms with Crippen LogP contribution in [0.15, 0.2) is 24.3 Å². The summed E-state index contributed by atoms with van der Waals surface area (Å²) in [6.07, 6.45) is 1.69. The van der Waals surface area contributed by atoms with Crippen molar-refractivity contribution in [3.8, 4) is 0 Å². The summed E-state index contributed by atoms with van der Waals surface area (Å²) in [7, 11) is -3.38. The molecule has 0 bridgehead atoms. The van der Waals surface area contributed by atoms with E-state index in [9.17, 15) is 18.0 Å². The second kappa shape index (κ2) is 7.27. The van der Waals surface area contributed by atoms with Crippen LogP contribution in [0.4, 0.5) is 5.69 Å². The fourth-order valence-corrected chi connectivity index (χ4v) is 4.72. The lowest BCUT2D eigenvalue weighted by Crippen LogP contribution is -2.43. The number of amides is 2. The van der Waals surface area contributed by atoms with Crippen molar-refractivity contribution >= 4 is 27.5 Å². The minimum Gasteiger partial charge on any atom is -0.271 e. The molecule has 2 N–H and O–H groups in total. The van der Waals surface area contributed by atoms with Gasteiger partial charge in [0.2, 0.25) is 10.0 Å². The molecule has 2 heterocycles. The molecule has 1 atom stereocenters. The second-order valence-corrected chi connectivity index (χ2v) is 8.90. The molecule has 28 heavy (non-hydrogen) atoms. The van der Waals surface area contributed by atoms with Gasteiger partial charge in [0.05, 0.1) is 17.6 Å². The summed E-state index contributed by atoms with van der Waals surface area (Å²) in [5, 5.41) is 4.20. The van der Waals surface area contributed by atoms with Gasteiger partial charge in [-0.25, -0.2) is 8.42 Å². The Kier molecular flexibility index (Phi) is 5.16. The lowest BCUT2D eigenvalue weighted by Gasteiger charge is -2.21. The fourth-order valence-electron chi connectivity index (χ4n) is 3.46. The van der Waals surface area contributed by atoms with Crippen LogP contribution in [0.2, 0.25) is 0 Å². The Bertz CT molecular complexity index is 1040. The van der Waals surface area contributed by atoms with Crippen molar-refractivity contribution in [2.75, 3.05) is 10.6 Å². The van der Waals surface area contributed by atoms with Gasteiger partial charge in [0.1, 0.15) is 6.54 Å². The SMILES string of the molecule is Cc1cc(C)n(CC(=O)NNC(=O)c2ccc3c(c2)C[C@H](C)N3S(C)(=O)=O)n1. The van der Waals surface area contributed by atoms with Crippen LogP contribution in [0.5, 0.6) is 0 Å². The molecule has 0 unspecified atom stereocenters. The van der Waals surface area contributed by atoms with Gasteiger partial charge >= 0.3 is 0 Å². The molecule has 1 aromatic carbocycles. The zero-order valence-corrected chi connectivity index (χ0v) is 17.0. The highest BCUT2D eigenvalue weighted by atomic mass is 32.2. The van der Waals surface area contributed by atoms with Crippen molar-refractivity contribution in [2.45, 2.75) is 39.8 Å². The number of hydrogen-bond acceptors (Lipinski definition) is 5. The Morgan fingerprint density at radius 3 is 2.54 bits per heavy atom. The minimum atomic E-state index is -3.38. The Balaban J connectivity index is 1.65. The molecule has 10 heteroatoms. The van der Waals surface area contributed by atoms with Gasteiger partial charge in [0.25, 0.3) is 11.8 Å². The van der Waals surface area contributed by atoms with E-state index in [-0.39, 0.29) is 12.6 Å². The van der Waals surface area contributed by atoms with E-state index < -0.39 is 21.8 Å². The van der Waals surface area contributed by atoms with E-state index in [0.29, 0.717) is 17.7 Å². The van der Waals surface area contributed by atoms with Crippen molar-refractivity contribution in [2.24, 2.45) is 0 Å². The molecule has 2 amide bonds. The molecule has 0 spiro atoms. The van der Waals surface area contributed by atoms with Crippen LogP contribution in [-0.4, -0.2) is 42.3 Å². The number of rotatable bonds is 4. The number of hydrazine groups is 1. The third-order valence-corrected chi connectivity index (χ3v) is 5.84. The molecule has 3 rings (SSSR count). The summed E-state index contributed by atoms with van der Waals surface area (Å²) < 4.78 is 26.9. The van der Waals surface area contributed by atoms with Crippen LogP contribution in [0.3, 0.4) is 0 Å². The molecule has 2 aromatic rings. The summed E-state index contributed by atoms with van der Waals surface area (Å²) in [5.41, 5.74) is 8.11. The first kappa shape index (κ1) is 19.9. The molecule has 0 fully saturated rings. The monoisotopic (exact) mass is 405 g/mol. The highest BCUT2D eigenvalue weighted by Gasteiger charge is 2.32. The van der Waals surface area contributed by atoms with E-state index in [4.69, 9.17) is 0 Å². The number of aryl methyl sites for hydroxylation is 2. The van der Waals surface area contributed by atoms with E-state index in [1.807, 2.05) is 26.8 Å². The normalized spacial score (nSPS) is 16.0. The van der Waals surface area contributed by atoms with Crippen LogP contribution in [0.25, 0.3) is 0 Å². The van der Waals surface area contributed by atoms with Gasteiger partial charge in [-0.1, -0.05) is 0 Å². The standard InChI is InChI=1S/C18H23N5O4S/c1-11-7-12(2)22(21-11)10-17(24)19-20-18(25)14-5-6-16-15(9-14)8-13(3)23(16)28(4,26)27/h5-7,9,13H,8,10H2,1-4H3,(H,19,24)(H,20,25)/t13-/m0/s1. The minimum absolute atomic E-state index is 0.00895. The molecule has 150 valence electrons. The smallest absolute Gasteiger partial charge is 0.269 e. The quantitative estimate of drug-likeness (QED) is 0.726. The fraction of sp³-hybridized carbons (Fsp3) is 0.389. The van der Waals surface area contributed by atoms with Gasteiger partial charge in [-0.2, -0.15) is 5.10 Å². The summed E-state index contributed by atoms with van der Waals surface area (Å²) >= 11 is 0. The maximum absolute atomic E-state index is 12.4. The molecular weight excluding hydrogens is 382 g/mol. The van der Waals surface area contributed by atoms with Gasteiger partial charge in [-0.15, -0.1) is 0 Å². The van der Waals surface area contributed by atoms with Gasteiger partial charge in [-0.05, 0) is 57.0 Å². The van der Waals surface area contributed by atoms with Crippen LogP contribution in [0, 0.1) is 13.8 Å². The number of hydrogen-bond donors (Lipinski definition) is 2. The van der Waals surface area contributed by atoms with E-state index in [1.54, 1.807) is 16.8 Å². The third kappa shape index (κ3) is 4.01. The zero-order valence-electron chi connectivity index (χ0n) is 16.2. The van der Waals surface area contributed by atoms with Crippen molar-refractivity contribution < 1.29 is 18.0 Å². The number of nitrogens with one attached hydrogen (secondary N) is 2. The Morgan fingerprint density at radius 2 is 1.93 bits per heavy atom. The average molecular weight is 405 g/mol. The van der Waals surface area contributed by atoms with Gasteiger partial charge in [0, 0.05) is 17.3 Å². The summed E-state index contributed by atoms with van der Waals surface area (Å²) in [5.74, 6) is -0.882. The van der Waals surface area contributed by atoms with Gasteiger partial charge < -0.3 is 0 Å². The number of carbonyl (C=O) groups excluding carboxylic acids is 2. The highest BCUT2D eigenvalue weighted by Crippen LogP contribution is 2.34. The first-order valence-corrected chi connectivity index (χ1v) is 10.6. The maximum atomic E-state index is 12.4. The van der Waals surface area contributed by atoms with E-state index in [2.05, 4.69) is 16.0 Å². The largest absolute Gasteiger partial charge is 0.271 e. The number of anilines is 1. The topological polar surface area (TPSA) is 113 Å². The highest BCUT2D eigenvalue weighted by molar-refractivity contribution is 7.92. The molecule has 1 aliphatic heterocycles. The van der Waals surface area contributed by atoms with E-state index >= 15 is 0 Å². The molecule has 1 aliphatic rings.